The van der Waals surface area contributed by atoms with Crippen molar-refractivity contribution in [3.05, 3.63) is 58.5 Å². The molecule has 7 heteroatoms. The first-order valence-electron chi connectivity index (χ1n) is 7.87. The SMILES string of the molecule is O=C(c1ccc(=O)n(CCOc2ccccc2)n1)N1CCOCC1. The fourth-order valence-corrected chi connectivity index (χ4v) is 2.42. The van der Waals surface area contributed by atoms with Crippen LogP contribution < -0.4 is 10.3 Å². The molecule has 2 heterocycles. The number of carbonyl (C=O) groups excluding carboxylic acids is 1. The average molecular weight is 329 g/mol. The Morgan fingerprint density at radius 1 is 1.12 bits per heavy atom. The molecule has 1 amide bonds. The maximum atomic E-state index is 12.4. The van der Waals surface area contributed by atoms with Crippen LogP contribution in [0.15, 0.2) is 47.3 Å². The molecule has 0 bridgehead atoms. The molecule has 126 valence electrons. The molecule has 1 aromatic heterocycles. The lowest BCUT2D eigenvalue weighted by Crippen LogP contribution is -2.41. The molecular weight excluding hydrogens is 310 g/mol. The first kappa shape index (κ1) is 16.2. The largest absolute Gasteiger partial charge is 0.492 e. The highest BCUT2D eigenvalue weighted by molar-refractivity contribution is 5.92. The van der Waals surface area contributed by atoms with Crippen molar-refractivity contribution in [1.82, 2.24) is 14.7 Å². The summed E-state index contributed by atoms with van der Waals surface area (Å²) in [7, 11) is 0. The van der Waals surface area contributed by atoms with Crippen LogP contribution in [0, 0.1) is 0 Å². The van der Waals surface area contributed by atoms with E-state index in [0.29, 0.717) is 32.9 Å². The van der Waals surface area contributed by atoms with Gasteiger partial charge in [-0.15, -0.1) is 0 Å². The van der Waals surface area contributed by atoms with Gasteiger partial charge in [-0.3, -0.25) is 9.59 Å². The third kappa shape index (κ3) is 3.99. The van der Waals surface area contributed by atoms with E-state index in [2.05, 4.69) is 5.10 Å². The Morgan fingerprint density at radius 3 is 2.62 bits per heavy atom. The van der Waals surface area contributed by atoms with Crippen LogP contribution in [0.2, 0.25) is 0 Å². The molecule has 1 aromatic carbocycles. The van der Waals surface area contributed by atoms with Crippen molar-refractivity contribution in [3.63, 3.8) is 0 Å². The van der Waals surface area contributed by atoms with Gasteiger partial charge in [-0.1, -0.05) is 18.2 Å². The van der Waals surface area contributed by atoms with Gasteiger partial charge in [0.05, 0.1) is 19.8 Å². The maximum absolute atomic E-state index is 12.4. The highest BCUT2D eigenvalue weighted by Gasteiger charge is 2.20. The van der Waals surface area contributed by atoms with E-state index in [0.717, 1.165) is 5.75 Å². The predicted molar refractivity (Wildman–Crippen MR) is 87.2 cm³/mol. The summed E-state index contributed by atoms with van der Waals surface area (Å²) in [4.78, 5) is 26.0. The number of ether oxygens (including phenoxy) is 2. The summed E-state index contributed by atoms with van der Waals surface area (Å²) in [6.07, 6.45) is 0. The van der Waals surface area contributed by atoms with E-state index in [9.17, 15) is 9.59 Å². The van der Waals surface area contributed by atoms with Gasteiger partial charge >= 0.3 is 0 Å². The molecule has 24 heavy (non-hydrogen) atoms. The molecule has 0 N–H and O–H groups in total. The molecule has 0 unspecified atom stereocenters. The summed E-state index contributed by atoms with van der Waals surface area (Å²) in [5.74, 6) is 0.544. The van der Waals surface area contributed by atoms with Crippen LogP contribution in [0.1, 0.15) is 10.5 Å². The summed E-state index contributed by atoms with van der Waals surface area (Å²) in [5, 5.41) is 4.17. The number of rotatable bonds is 5. The Bertz CT molecular complexity index is 739. The lowest BCUT2D eigenvalue weighted by molar-refractivity contribution is 0.0297. The maximum Gasteiger partial charge on any atom is 0.274 e. The van der Waals surface area contributed by atoms with E-state index in [-0.39, 0.29) is 23.7 Å². The number of aromatic nitrogens is 2. The molecule has 1 saturated heterocycles. The molecule has 0 saturated carbocycles. The molecule has 1 fully saturated rings. The molecular formula is C17H19N3O4. The minimum absolute atomic E-state index is 0.184. The molecule has 1 aliphatic heterocycles. The van der Waals surface area contributed by atoms with Crippen LogP contribution in [0.3, 0.4) is 0 Å². The molecule has 0 atom stereocenters. The normalized spacial score (nSPS) is 14.4. The van der Waals surface area contributed by atoms with Gasteiger partial charge < -0.3 is 14.4 Å². The van der Waals surface area contributed by atoms with E-state index in [1.807, 2.05) is 30.3 Å². The summed E-state index contributed by atoms with van der Waals surface area (Å²) in [6, 6.07) is 12.2. The molecule has 1 aliphatic rings. The minimum atomic E-state index is -0.259. The second-order valence-electron chi connectivity index (χ2n) is 5.35. The van der Waals surface area contributed by atoms with Crippen molar-refractivity contribution in [2.45, 2.75) is 6.54 Å². The summed E-state index contributed by atoms with van der Waals surface area (Å²) in [5.41, 5.74) is 0.00130. The number of benzene rings is 1. The van der Waals surface area contributed by atoms with Gasteiger partial charge in [0, 0.05) is 19.2 Å². The third-order valence-corrected chi connectivity index (χ3v) is 3.70. The molecule has 0 aliphatic carbocycles. The Labute approximate surface area is 139 Å². The van der Waals surface area contributed by atoms with Crippen molar-refractivity contribution in [2.24, 2.45) is 0 Å². The highest BCUT2D eigenvalue weighted by atomic mass is 16.5. The van der Waals surface area contributed by atoms with Crippen LogP contribution in [-0.4, -0.2) is 53.5 Å². The van der Waals surface area contributed by atoms with Gasteiger partial charge in [0.25, 0.3) is 11.5 Å². The number of para-hydroxylation sites is 1. The van der Waals surface area contributed by atoms with E-state index < -0.39 is 0 Å². The van der Waals surface area contributed by atoms with Crippen molar-refractivity contribution < 1.29 is 14.3 Å². The fraction of sp³-hybridized carbons (Fsp3) is 0.353. The summed E-state index contributed by atoms with van der Waals surface area (Å²) < 4.78 is 12.1. The Balaban J connectivity index is 1.65. The molecule has 2 aromatic rings. The van der Waals surface area contributed by atoms with Crippen LogP contribution in [-0.2, 0) is 11.3 Å². The van der Waals surface area contributed by atoms with Gasteiger partial charge in [0.2, 0.25) is 0 Å². The first-order chi connectivity index (χ1) is 11.7. The summed E-state index contributed by atoms with van der Waals surface area (Å²) >= 11 is 0. The van der Waals surface area contributed by atoms with Gasteiger partial charge in [0.15, 0.2) is 0 Å². The van der Waals surface area contributed by atoms with Crippen LogP contribution in [0.5, 0.6) is 5.75 Å². The van der Waals surface area contributed by atoms with Crippen molar-refractivity contribution in [3.8, 4) is 5.75 Å². The summed E-state index contributed by atoms with van der Waals surface area (Å²) in [6.45, 7) is 2.70. The predicted octanol–water partition coefficient (Wildman–Crippen LogP) is 0.795. The van der Waals surface area contributed by atoms with Gasteiger partial charge in [-0.25, -0.2) is 4.68 Å². The van der Waals surface area contributed by atoms with Crippen LogP contribution in [0.4, 0.5) is 0 Å². The second kappa shape index (κ2) is 7.74. The smallest absolute Gasteiger partial charge is 0.274 e. The van der Waals surface area contributed by atoms with Crippen molar-refractivity contribution in [1.29, 1.82) is 0 Å². The first-order valence-corrected chi connectivity index (χ1v) is 7.87. The second-order valence-corrected chi connectivity index (χ2v) is 5.35. The van der Waals surface area contributed by atoms with Crippen LogP contribution >= 0.6 is 0 Å². The minimum Gasteiger partial charge on any atom is -0.492 e. The number of hydrogen-bond acceptors (Lipinski definition) is 5. The van der Waals surface area contributed by atoms with E-state index in [1.165, 1.54) is 16.8 Å². The number of hydrogen-bond donors (Lipinski definition) is 0. The highest BCUT2D eigenvalue weighted by Crippen LogP contribution is 2.08. The molecule has 3 rings (SSSR count). The lowest BCUT2D eigenvalue weighted by Gasteiger charge is -2.26. The Kier molecular flexibility index (Phi) is 5.22. The zero-order valence-electron chi connectivity index (χ0n) is 13.3. The van der Waals surface area contributed by atoms with Crippen LogP contribution in [0.25, 0.3) is 0 Å². The topological polar surface area (TPSA) is 73.7 Å². The number of morpholine rings is 1. The fourth-order valence-electron chi connectivity index (χ4n) is 2.42. The van der Waals surface area contributed by atoms with E-state index in [1.54, 1.807) is 4.90 Å². The van der Waals surface area contributed by atoms with Gasteiger partial charge in [0.1, 0.15) is 18.1 Å². The number of carbonyl (C=O) groups is 1. The third-order valence-electron chi connectivity index (χ3n) is 3.70. The molecule has 7 nitrogen and oxygen atoms in total. The Morgan fingerprint density at radius 2 is 1.88 bits per heavy atom. The molecule has 0 spiro atoms. The zero-order valence-corrected chi connectivity index (χ0v) is 13.3. The quantitative estimate of drug-likeness (QED) is 0.811. The molecule has 0 radical (unpaired) electrons. The average Bonchev–Trinajstić information content (AvgIpc) is 2.64. The standard InChI is InChI=1S/C17H19N3O4/c21-16-7-6-15(17(22)19-8-11-23-12-9-19)18-20(16)10-13-24-14-4-2-1-3-5-14/h1-7H,8-13H2. The van der Waals surface area contributed by atoms with Crippen molar-refractivity contribution >= 4 is 5.91 Å². The number of amides is 1. The zero-order chi connectivity index (χ0) is 16.8. The Hall–Kier alpha value is -2.67. The number of nitrogens with zero attached hydrogens (tertiary/aromatic N) is 3. The van der Waals surface area contributed by atoms with E-state index in [4.69, 9.17) is 9.47 Å². The van der Waals surface area contributed by atoms with Gasteiger partial charge in [-0.05, 0) is 18.2 Å². The lowest BCUT2D eigenvalue weighted by atomic mass is 10.3. The van der Waals surface area contributed by atoms with Crippen molar-refractivity contribution in [2.75, 3.05) is 32.9 Å². The van der Waals surface area contributed by atoms with E-state index >= 15 is 0 Å². The van der Waals surface area contributed by atoms with Gasteiger partial charge in [-0.2, -0.15) is 5.10 Å². The monoisotopic (exact) mass is 329 g/mol.